The van der Waals surface area contributed by atoms with Crippen molar-refractivity contribution in [2.45, 2.75) is 25.9 Å². The van der Waals surface area contributed by atoms with Crippen LogP contribution in [0.25, 0.3) is 0 Å². The van der Waals surface area contributed by atoms with Gasteiger partial charge < -0.3 is 0 Å². The zero-order valence-electron chi connectivity index (χ0n) is 15.2. The molecule has 0 fully saturated rings. The van der Waals surface area contributed by atoms with Crippen molar-refractivity contribution < 1.29 is 23.5 Å². The number of hydrogen-bond acceptors (Lipinski definition) is 5. The Bertz CT molecular complexity index is 764. The molecule has 0 radical (unpaired) electrons. The molecular formula is C19H24NO5P. The molecule has 1 aliphatic heterocycles. The summed E-state index contributed by atoms with van der Waals surface area (Å²) in [5, 5.41) is 11.3. The van der Waals surface area contributed by atoms with Gasteiger partial charge in [0.1, 0.15) is 0 Å². The van der Waals surface area contributed by atoms with Gasteiger partial charge in [0, 0.05) is 0 Å². The Morgan fingerprint density at radius 2 is 1.38 bits per heavy atom. The molecular weight excluding hydrogens is 353 g/mol. The molecule has 140 valence electrons. The van der Waals surface area contributed by atoms with Gasteiger partial charge in [0.05, 0.1) is 0 Å². The zero-order valence-corrected chi connectivity index (χ0v) is 16.1. The topological polar surface area (TPSA) is 74.0 Å². The monoisotopic (exact) mass is 377 g/mol. The van der Waals surface area contributed by atoms with E-state index in [9.17, 15) is 10.1 Å². The van der Waals surface area contributed by atoms with Crippen molar-refractivity contribution in [2.75, 3.05) is 13.2 Å². The van der Waals surface area contributed by atoms with E-state index in [-0.39, 0.29) is 18.9 Å². The number of hydrogen-bond donors (Lipinski definition) is 1. The van der Waals surface area contributed by atoms with E-state index in [1.54, 1.807) is 20.8 Å². The van der Waals surface area contributed by atoms with Gasteiger partial charge in [0.25, 0.3) is 0 Å². The Morgan fingerprint density at radius 3 is 1.77 bits per heavy atom. The minimum absolute atomic E-state index is 0.122. The molecule has 0 amide bonds. The first-order valence-electron chi connectivity index (χ1n) is 8.62. The van der Waals surface area contributed by atoms with Crippen LogP contribution in [0.15, 0.2) is 60.7 Å². The minimum atomic E-state index is -4.95. The molecule has 0 saturated carbocycles. The third kappa shape index (κ3) is 2.37. The first kappa shape index (κ1) is 18.8. The van der Waals surface area contributed by atoms with Gasteiger partial charge in [0.2, 0.25) is 0 Å². The summed E-state index contributed by atoms with van der Waals surface area (Å²) in [5.74, 6) is 0. The summed E-state index contributed by atoms with van der Waals surface area (Å²) in [6.45, 7) is 5.34. The molecule has 0 spiro atoms. The molecule has 2 aromatic carbocycles. The molecule has 1 heterocycles. The fourth-order valence-corrected chi connectivity index (χ4v) is 7.52. The maximum absolute atomic E-state index is 12.7. The Balaban J connectivity index is 2.46. The van der Waals surface area contributed by atoms with Crippen LogP contribution in [-0.2, 0) is 18.8 Å². The van der Waals surface area contributed by atoms with Crippen molar-refractivity contribution in [3.8, 4) is 0 Å². The molecule has 0 saturated heterocycles. The van der Waals surface area contributed by atoms with Gasteiger partial charge in [-0.05, 0) is 0 Å². The predicted molar refractivity (Wildman–Crippen MR) is 101 cm³/mol. The molecule has 26 heavy (non-hydrogen) atoms. The van der Waals surface area contributed by atoms with Crippen LogP contribution >= 0.6 is 7.51 Å². The van der Waals surface area contributed by atoms with Crippen LogP contribution < -0.4 is 0 Å². The van der Waals surface area contributed by atoms with Crippen LogP contribution in [0.4, 0.5) is 0 Å². The average Bonchev–Trinajstić information content (AvgIpc) is 2.81. The van der Waals surface area contributed by atoms with E-state index in [0.717, 1.165) is 0 Å². The Morgan fingerprint density at radius 1 is 0.962 bits per heavy atom. The summed E-state index contributed by atoms with van der Waals surface area (Å²) in [6, 6.07) is 18.5. The van der Waals surface area contributed by atoms with Gasteiger partial charge in [-0.3, -0.25) is 0 Å². The van der Waals surface area contributed by atoms with Gasteiger partial charge in [0.15, 0.2) is 0 Å². The Hall–Kier alpha value is -1.98. The zero-order chi connectivity index (χ0) is 18.9. The third-order valence-corrected chi connectivity index (χ3v) is 8.50. The van der Waals surface area contributed by atoms with Crippen LogP contribution in [0.5, 0.6) is 0 Å². The Kier molecular flexibility index (Phi) is 4.80. The van der Waals surface area contributed by atoms with Crippen molar-refractivity contribution in [2.24, 2.45) is 0 Å². The van der Waals surface area contributed by atoms with E-state index in [4.69, 9.17) is 13.7 Å². The SMILES string of the molecule is CCOP1(O)(OCC)O[N+]([O-])=C(C)C1(c1ccccc1)c1ccccc1. The van der Waals surface area contributed by atoms with Crippen molar-refractivity contribution in [1.29, 1.82) is 0 Å². The second-order valence-corrected chi connectivity index (χ2v) is 9.08. The van der Waals surface area contributed by atoms with Crippen LogP contribution in [0.3, 0.4) is 0 Å². The van der Waals surface area contributed by atoms with E-state index in [0.29, 0.717) is 16.0 Å². The molecule has 0 atom stereocenters. The third-order valence-electron chi connectivity index (χ3n) is 4.67. The van der Waals surface area contributed by atoms with Gasteiger partial charge in [-0.25, -0.2) is 0 Å². The van der Waals surface area contributed by atoms with Gasteiger partial charge in [-0.1, -0.05) is 0 Å². The van der Waals surface area contributed by atoms with Crippen LogP contribution in [-0.4, -0.2) is 28.7 Å². The molecule has 6 nitrogen and oxygen atoms in total. The van der Waals surface area contributed by atoms with Crippen LogP contribution in [0, 0.1) is 5.21 Å². The van der Waals surface area contributed by atoms with E-state index >= 15 is 0 Å². The molecule has 0 bridgehead atoms. The summed E-state index contributed by atoms with van der Waals surface area (Å²) >= 11 is 0. The van der Waals surface area contributed by atoms with E-state index in [1.165, 1.54) is 0 Å². The molecule has 2 aromatic rings. The molecule has 7 heteroatoms. The molecule has 0 aromatic heterocycles. The van der Waals surface area contributed by atoms with Gasteiger partial charge >= 0.3 is 153 Å². The first-order chi connectivity index (χ1) is 12.4. The van der Waals surface area contributed by atoms with E-state index in [2.05, 4.69) is 0 Å². The van der Waals surface area contributed by atoms with Crippen molar-refractivity contribution >= 4 is 13.2 Å². The summed E-state index contributed by atoms with van der Waals surface area (Å²) in [7, 11) is -4.95. The molecule has 1 N–H and O–H groups in total. The Labute approximate surface area is 153 Å². The number of benzene rings is 2. The fraction of sp³-hybridized carbons (Fsp3) is 0.316. The summed E-state index contributed by atoms with van der Waals surface area (Å²) < 4.78 is 17.3. The summed E-state index contributed by atoms with van der Waals surface area (Å²) in [6.07, 6.45) is 0. The number of nitrogens with zero attached hydrogens (tertiary/aromatic N) is 1. The normalized spacial score (nSPS) is 21.6. The first-order valence-corrected chi connectivity index (χ1v) is 10.6. The van der Waals surface area contributed by atoms with Crippen molar-refractivity contribution in [1.82, 2.24) is 0 Å². The van der Waals surface area contributed by atoms with E-state index in [1.807, 2.05) is 60.7 Å². The fourth-order valence-electron chi connectivity index (χ4n) is 3.76. The molecule has 3 rings (SSSR count). The van der Waals surface area contributed by atoms with E-state index < -0.39 is 12.7 Å². The van der Waals surface area contributed by atoms with Gasteiger partial charge in [-0.2, -0.15) is 0 Å². The predicted octanol–water partition coefficient (Wildman–Crippen LogP) is 4.13. The standard InChI is InChI=1S/C19H24NO5P/c1-4-23-26(22,24-5-2)19(16(3)20(21)25-26,17-12-8-6-9-13-17)18-14-10-7-11-15-18/h6-15,22H,4-5H2,1-3H3. The maximum atomic E-state index is 12.7. The van der Waals surface area contributed by atoms with Gasteiger partial charge in [-0.15, -0.1) is 0 Å². The second-order valence-electron chi connectivity index (χ2n) is 6.04. The molecule has 0 aliphatic carbocycles. The number of rotatable bonds is 6. The molecule has 0 unspecified atom stereocenters. The quantitative estimate of drug-likeness (QED) is 0.605. The second kappa shape index (κ2) is 6.63. The average molecular weight is 377 g/mol. The van der Waals surface area contributed by atoms with Crippen LogP contribution in [0.2, 0.25) is 0 Å². The van der Waals surface area contributed by atoms with Crippen molar-refractivity contribution in [3.05, 3.63) is 77.0 Å². The molecule has 1 aliphatic rings. The van der Waals surface area contributed by atoms with Crippen molar-refractivity contribution in [3.63, 3.8) is 0 Å². The summed E-state index contributed by atoms with van der Waals surface area (Å²) in [4.78, 5) is 12.3. The summed E-state index contributed by atoms with van der Waals surface area (Å²) in [5.41, 5.74) is 1.60. The van der Waals surface area contributed by atoms with Crippen LogP contribution in [0.1, 0.15) is 31.9 Å².